The molecule has 1 atom stereocenters. The summed E-state index contributed by atoms with van der Waals surface area (Å²) in [6.45, 7) is 0. The van der Waals surface area contributed by atoms with Crippen LogP contribution >= 0.6 is 11.3 Å². The number of hydrogen-bond acceptors (Lipinski definition) is 2. The Kier molecular flexibility index (Phi) is 4.49. The van der Waals surface area contributed by atoms with Crippen LogP contribution in [-0.2, 0) is 6.42 Å². The van der Waals surface area contributed by atoms with Crippen LogP contribution in [-0.4, -0.2) is 11.2 Å². The van der Waals surface area contributed by atoms with Crippen molar-refractivity contribution in [2.45, 2.75) is 18.4 Å². The Balaban J connectivity index is 1.92. The highest BCUT2D eigenvalue weighted by atomic mass is 32.1. The Labute approximate surface area is 129 Å². The van der Waals surface area contributed by atoms with E-state index in [2.05, 4.69) is 35.7 Å². The van der Waals surface area contributed by atoms with Gasteiger partial charge in [-0.1, -0.05) is 66.7 Å². The minimum Gasteiger partial charge on any atom is -0.392 e. The molecule has 0 saturated heterocycles. The molecule has 3 rings (SSSR count). The molecule has 0 spiro atoms. The van der Waals surface area contributed by atoms with Crippen molar-refractivity contribution >= 4 is 11.3 Å². The van der Waals surface area contributed by atoms with Gasteiger partial charge in [-0.3, -0.25) is 0 Å². The summed E-state index contributed by atoms with van der Waals surface area (Å²) in [5, 5.41) is 12.9. The molecule has 1 heterocycles. The molecule has 2 heteroatoms. The lowest BCUT2D eigenvalue weighted by Gasteiger charge is -2.23. The lowest BCUT2D eigenvalue weighted by atomic mass is 9.85. The normalized spacial score (nSPS) is 12.5. The Morgan fingerprint density at radius 1 is 0.762 bits per heavy atom. The highest BCUT2D eigenvalue weighted by molar-refractivity contribution is 7.09. The molecule has 0 aliphatic carbocycles. The van der Waals surface area contributed by atoms with Crippen molar-refractivity contribution in [3.8, 4) is 0 Å². The van der Waals surface area contributed by atoms with Gasteiger partial charge in [0.25, 0.3) is 0 Å². The first-order chi connectivity index (χ1) is 10.3. The molecular formula is C19H18OS. The van der Waals surface area contributed by atoms with Gasteiger partial charge in [0, 0.05) is 17.2 Å². The Morgan fingerprint density at radius 2 is 1.33 bits per heavy atom. The standard InChI is InChI=1S/C19H18OS/c20-18(14-17-12-7-13-21-17)19(15-8-3-1-4-9-15)16-10-5-2-6-11-16/h1-13,18-20H,14H2. The minimum atomic E-state index is -0.423. The second kappa shape index (κ2) is 6.70. The predicted molar refractivity (Wildman–Crippen MR) is 88.8 cm³/mol. The zero-order valence-corrected chi connectivity index (χ0v) is 12.5. The molecule has 2 aromatic carbocycles. The lowest BCUT2D eigenvalue weighted by molar-refractivity contribution is 0.157. The highest BCUT2D eigenvalue weighted by Gasteiger charge is 2.23. The molecule has 3 aromatic rings. The van der Waals surface area contributed by atoms with Gasteiger partial charge < -0.3 is 5.11 Å². The van der Waals surface area contributed by atoms with E-state index < -0.39 is 6.10 Å². The quantitative estimate of drug-likeness (QED) is 0.735. The molecule has 0 aliphatic rings. The second-order valence-electron chi connectivity index (χ2n) is 5.15. The first-order valence-corrected chi connectivity index (χ1v) is 8.03. The van der Waals surface area contributed by atoms with E-state index in [9.17, 15) is 5.11 Å². The number of aliphatic hydroxyl groups is 1. The Morgan fingerprint density at radius 3 is 1.81 bits per heavy atom. The maximum atomic E-state index is 10.8. The molecule has 106 valence electrons. The van der Waals surface area contributed by atoms with Gasteiger partial charge in [0.2, 0.25) is 0 Å². The van der Waals surface area contributed by atoms with Gasteiger partial charge in [-0.2, -0.15) is 0 Å². The maximum absolute atomic E-state index is 10.8. The molecule has 1 nitrogen and oxygen atoms in total. The van der Waals surface area contributed by atoms with E-state index in [4.69, 9.17) is 0 Å². The number of hydrogen-bond donors (Lipinski definition) is 1. The topological polar surface area (TPSA) is 20.2 Å². The molecule has 0 bridgehead atoms. The second-order valence-corrected chi connectivity index (χ2v) is 6.18. The average Bonchev–Trinajstić information content (AvgIpc) is 3.02. The smallest absolute Gasteiger partial charge is 0.0697 e. The molecule has 21 heavy (non-hydrogen) atoms. The van der Waals surface area contributed by atoms with Crippen LogP contribution in [0.1, 0.15) is 21.9 Å². The van der Waals surface area contributed by atoms with Crippen molar-refractivity contribution in [3.63, 3.8) is 0 Å². The molecule has 0 saturated carbocycles. The molecule has 1 aromatic heterocycles. The van der Waals surface area contributed by atoms with Crippen molar-refractivity contribution < 1.29 is 5.11 Å². The molecule has 0 radical (unpaired) electrons. The van der Waals surface area contributed by atoms with Crippen LogP contribution in [0.25, 0.3) is 0 Å². The van der Waals surface area contributed by atoms with Crippen LogP contribution in [0.2, 0.25) is 0 Å². The van der Waals surface area contributed by atoms with Crippen LogP contribution in [0, 0.1) is 0 Å². The Hall–Kier alpha value is -1.90. The van der Waals surface area contributed by atoms with Gasteiger partial charge in [-0.25, -0.2) is 0 Å². The fraction of sp³-hybridized carbons (Fsp3) is 0.158. The van der Waals surface area contributed by atoms with E-state index in [1.165, 1.54) is 4.88 Å². The van der Waals surface area contributed by atoms with Crippen LogP contribution < -0.4 is 0 Å². The van der Waals surface area contributed by atoms with E-state index in [1.54, 1.807) is 11.3 Å². The summed E-state index contributed by atoms with van der Waals surface area (Å²) in [7, 11) is 0. The third-order valence-electron chi connectivity index (χ3n) is 3.69. The summed E-state index contributed by atoms with van der Waals surface area (Å²) < 4.78 is 0. The van der Waals surface area contributed by atoms with Crippen molar-refractivity contribution in [2.75, 3.05) is 0 Å². The zero-order chi connectivity index (χ0) is 14.5. The SMILES string of the molecule is OC(Cc1cccs1)C(c1ccccc1)c1ccccc1. The molecule has 0 fully saturated rings. The average molecular weight is 294 g/mol. The predicted octanol–water partition coefficient (Wildman–Crippen LogP) is 4.48. The van der Waals surface area contributed by atoms with E-state index in [1.807, 2.05) is 42.5 Å². The number of benzene rings is 2. The summed E-state index contributed by atoms with van der Waals surface area (Å²) >= 11 is 1.70. The van der Waals surface area contributed by atoms with Gasteiger partial charge in [0.1, 0.15) is 0 Å². The van der Waals surface area contributed by atoms with Crippen LogP contribution in [0.5, 0.6) is 0 Å². The fourth-order valence-corrected chi connectivity index (χ4v) is 3.47. The molecule has 1 unspecified atom stereocenters. The first kappa shape index (κ1) is 14.1. The molecule has 0 aliphatic heterocycles. The number of thiophene rings is 1. The third kappa shape index (κ3) is 3.41. The van der Waals surface area contributed by atoms with Gasteiger partial charge in [-0.15, -0.1) is 11.3 Å². The molecule has 1 N–H and O–H groups in total. The van der Waals surface area contributed by atoms with E-state index in [-0.39, 0.29) is 5.92 Å². The van der Waals surface area contributed by atoms with Crippen molar-refractivity contribution in [2.24, 2.45) is 0 Å². The van der Waals surface area contributed by atoms with Gasteiger partial charge in [0.05, 0.1) is 6.10 Å². The molecular weight excluding hydrogens is 276 g/mol. The monoisotopic (exact) mass is 294 g/mol. The van der Waals surface area contributed by atoms with Crippen LogP contribution in [0.4, 0.5) is 0 Å². The fourth-order valence-electron chi connectivity index (χ4n) is 2.71. The highest BCUT2D eigenvalue weighted by Crippen LogP contribution is 2.30. The van der Waals surface area contributed by atoms with Crippen LogP contribution in [0.3, 0.4) is 0 Å². The summed E-state index contributed by atoms with van der Waals surface area (Å²) in [6, 6.07) is 24.6. The van der Waals surface area contributed by atoms with E-state index in [0.29, 0.717) is 6.42 Å². The minimum absolute atomic E-state index is 0.00880. The first-order valence-electron chi connectivity index (χ1n) is 7.15. The number of rotatable bonds is 5. The largest absolute Gasteiger partial charge is 0.392 e. The van der Waals surface area contributed by atoms with Crippen molar-refractivity contribution in [3.05, 3.63) is 94.2 Å². The van der Waals surface area contributed by atoms with E-state index in [0.717, 1.165) is 11.1 Å². The summed E-state index contributed by atoms with van der Waals surface area (Å²) in [6.07, 6.45) is 0.264. The maximum Gasteiger partial charge on any atom is 0.0697 e. The van der Waals surface area contributed by atoms with Crippen molar-refractivity contribution in [1.29, 1.82) is 0 Å². The molecule has 0 amide bonds. The van der Waals surface area contributed by atoms with E-state index >= 15 is 0 Å². The zero-order valence-electron chi connectivity index (χ0n) is 11.7. The summed E-state index contributed by atoms with van der Waals surface area (Å²) in [5.74, 6) is 0.00880. The van der Waals surface area contributed by atoms with Gasteiger partial charge in [0.15, 0.2) is 0 Å². The summed E-state index contributed by atoms with van der Waals surface area (Å²) in [4.78, 5) is 1.22. The van der Waals surface area contributed by atoms with Gasteiger partial charge in [-0.05, 0) is 22.6 Å². The third-order valence-corrected chi connectivity index (χ3v) is 4.59. The van der Waals surface area contributed by atoms with Crippen molar-refractivity contribution in [1.82, 2.24) is 0 Å². The lowest BCUT2D eigenvalue weighted by Crippen LogP contribution is -2.21. The summed E-state index contributed by atoms with van der Waals surface area (Å²) in [5.41, 5.74) is 2.32. The van der Waals surface area contributed by atoms with Crippen LogP contribution in [0.15, 0.2) is 78.2 Å². The van der Waals surface area contributed by atoms with Gasteiger partial charge >= 0.3 is 0 Å². The Bertz CT molecular complexity index is 607. The number of aliphatic hydroxyl groups excluding tert-OH is 1.